The molecule has 1 aromatic heterocycles. The Morgan fingerprint density at radius 2 is 2.31 bits per heavy atom. The summed E-state index contributed by atoms with van der Waals surface area (Å²) < 4.78 is 30.0. The molecule has 0 saturated carbocycles. The SMILES string of the molecule is COC(=O)c1cc(S(=O)(=O)NCCN)cs1. The number of nitrogens with two attached hydrogens (primary N) is 1. The number of carbonyl (C=O) groups is 1. The Hall–Kier alpha value is -0.960. The van der Waals surface area contributed by atoms with E-state index in [-0.39, 0.29) is 22.9 Å². The number of carbonyl (C=O) groups excluding carboxylic acids is 1. The summed E-state index contributed by atoms with van der Waals surface area (Å²) in [6, 6.07) is 1.27. The minimum absolute atomic E-state index is 0.0475. The maximum Gasteiger partial charge on any atom is 0.348 e. The molecule has 16 heavy (non-hydrogen) atoms. The minimum Gasteiger partial charge on any atom is -0.465 e. The van der Waals surface area contributed by atoms with Crippen LogP contribution in [0.1, 0.15) is 9.67 Å². The second-order valence-corrected chi connectivity index (χ2v) is 5.50. The van der Waals surface area contributed by atoms with Crippen molar-refractivity contribution in [1.29, 1.82) is 0 Å². The molecule has 0 aliphatic heterocycles. The predicted octanol–water partition coefficient (Wildman–Crippen LogP) is -0.228. The van der Waals surface area contributed by atoms with Crippen molar-refractivity contribution in [3.8, 4) is 0 Å². The summed E-state index contributed by atoms with van der Waals surface area (Å²) in [5.74, 6) is -0.551. The van der Waals surface area contributed by atoms with Gasteiger partial charge in [0.2, 0.25) is 10.0 Å². The summed E-state index contributed by atoms with van der Waals surface area (Å²) >= 11 is 1.02. The third kappa shape index (κ3) is 3.01. The highest BCUT2D eigenvalue weighted by Gasteiger charge is 2.18. The normalized spacial score (nSPS) is 11.4. The average molecular weight is 264 g/mol. The van der Waals surface area contributed by atoms with Crippen LogP contribution in [0.25, 0.3) is 0 Å². The molecule has 1 aromatic rings. The van der Waals surface area contributed by atoms with Crippen molar-refractivity contribution in [2.75, 3.05) is 20.2 Å². The molecule has 0 aliphatic carbocycles. The van der Waals surface area contributed by atoms with Crippen molar-refractivity contribution in [3.05, 3.63) is 16.3 Å². The lowest BCUT2D eigenvalue weighted by Gasteiger charge is -2.01. The van der Waals surface area contributed by atoms with E-state index >= 15 is 0 Å². The number of thiophene rings is 1. The highest BCUT2D eigenvalue weighted by atomic mass is 32.2. The molecule has 0 bridgehead atoms. The van der Waals surface area contributed by atoms with Crippen LogP contribution in [0.2, 0.25) is 0 Å². The second-order valence-electron chi connectivity index (χ2n) is 2.82. The molecule has 1 heterocycles. The average Bonchev–Trinajstić information content (AvgIpc) is 2.75. The van der Waals surface area contributed by atoms with Crippen LogP contribution in [0.4, 0.5) is 0 Å². The number of rotatable bonds is 5. The molecule has 8 heteroatoms. The first-order chi connectivity index (χ1) is 7.51. The molecule has 3 N–H and O–H groups in total. The number of esters is 1. The van der Waals surface area contributed by atoms with E-state index in [1.165, 1.54) is 18.6 Å². The van der Waals surface area contributed by atoms with E-state index < -0.39 is 16.0 Å². The van der Waals surface area contributed by atoms with Crippen LogP contribution >= 0.6 is 11.3 Å². The topological polar surface area (TPSA) is 98.5 Å². The third-order valence-corrected chi connectivity index (χ3v) is 4.21. The minimum atomic E-state index is -3.57. The van der Waals surface area contributed by atoms with E-state index in [0.717, 1.165) is 11.3 Å². The molecule has 0 fully saturated rings. The van der Waals surface area contributed by atoms with Crippen molar-refractivity contribution in [3.63, 3.8) is 0 Å². The second kappa shape index (κ2) is 5.39. The van der Waals surface area contributed by atoms with Crippen LogP contribution in [-0.2, 0) is 14.8 Å². The molecule has 0 aromatic carbocycles. The molecule has 0 amide bonds. The van der Waals surface area contributed by atoms with E-state index in [1.807, 2.05) is 0 Å². The summed E-state index contributed by atoms with van der Waals surface area (Å²) in [6.07, 6.45) is 0. The van der Waals surface area contributed by atoms with Crippen LogP contribution in [0.15, 0.2) is 16.3 Å². The van der Waals surface area contributed by atoms with Crippen LogP contribution in [0, 0.1) is 0 Å². The molecule has 0 unspecified atom stereocenters. The van der Waals surface area contributed by atoms with Crippen molar-refractivity contribution in [2.45, 2.75) is 4.90 Å². The van der Waals surface area contributed by atoms with Gasteiger partial charge < -0.3 is 10.5 Å². The molecule has 90 valence electrons. The predicted molar refractivity (Wildman–Crippen MR) is 59.9 cm³/mol. The monoisotopic (exact) mass is 264 g/mol. The first kappa shape index (κ1) is 13.1. The van der Waals surface area contributed by atoms with Crippen LogP contribution in [0.3, 0.4) is 0 Å². The first-order valence-corrected chi connectivity index (χ1v) is 6.74. The van der Waals surface area contributed by atoms with Gasteiger partial charge in [-0.05, 0) is 6.07 Å². The number of hydrogen-bond acceptors (Lipinski definition) is 6. The van der Waals surface area contributed by atoms with E-state index in [4.69, 9.17) is 5.73 Å². The maximum absolute atomic E-state index is 11.6. The van der Waals surface area contributed by atoms with Crippen molar-refractivity contribution >= 4 is 27.3 Å². The van der Waals surface area contributed by atoms with Gasteiger partial charge in [-0.15, -0.1) is 11.3 Å². The van der Waals surface area contributed by atoms with Gasteiger partial charge in [0.25, 0.3) is 0 Å². The van der Waals surface area contributed by atoms with E-state index in [2.05, 4.69) is 9.46 Å². The molecular formula is C8H12N2O4S2. The molecule has 6 nitrogen and oxygen atoms in total. The highest BCUT2D eigenvalue weighted by Crippen LogP contribution is 2.19. The van der Waals surface area contributed by atoms with E-state index in [9.17, 15) is 13.2 Å². The lowest BCUT2D eigenvalue weighted by molar-refractivity contribution is 0.0606. The zero-order chi connectivity index (χ0) is 12.2. The van der Waals surface area contributed by atoms with Gasteiger partial charge >= 0.3 is 5.97 Å². The molecule has 0 spiro atoms. The fourth-order valence-corrected chi connectivity index (χ4v) is 3.18. The van der Waals surface area contributed by atoms with Crippen molar-refractivity contribution in [2.24, 2.45) is 5.73 Å². The van der Waals surface area contributed by atoms with Crippen molar-refractivity contribution < 1.29 is 17.9 Å². The largest absolute Gasteiger partial charge is 0.465 e. The van der Waals surface area contributed by atoms with Gasteiger partial charge in [-0.1, -0.05) is 0 Å². The smallest absolute Gasteiger partial charge is 0.348 e. The number of sulfonamides is 1. The summed E-state index contributed by atoms with van der Waals surface area (Å²) in [4.78, 5) is 11.4. The van der Waals surface area contributed by atoms with E-state index in [1.54, 1.807) is 0 Å². The van der Waals surface area contributed by atoms with Gasteiger partial charge in [-0.3, -0.25) is 0 Å². The quantitative estimate of drug-likeness (QED) is 0.716. The molecule has 0 aliphatic rings. The Morgan fingerprint density at radius 1 is 1.62 bits per heavy atom. The number of nitrogens with one attached hydrogen (secondary N) is 1. The summed E-state index contributed by atoms with van der Waals surface area (Å²) in [6.45, 7) is 0.374. The van der Waals surface area contributed by atoms with Gasteiger partial charge in [-0.25, -0.2) is 17.9 Å². The molecule has 1 rings (SSSR count). The van der Waals surface area contributed by atoms with Gasteiger partial charge in [0.1, 0.15) is 4.88 Å². The molecule has 0 radical (unpaired) electrons. The van der Waals surface area contributed by atoms with Gasteiger partial charge in [0, 0.05) is 18.5 Å². The fourth-order valence-electron chi connectivity index (χ4n) is 0.944. The zero-order valence-electron chi connectivity index (χ0n) is 8.60. The third-order valence-electron chi connectivity index (χ3n) is 1.71. The Balaban J connectivity index is 2.89. The number of ether oxygens (including phenoxy) is 1. The fraction of sp³-hybridized carbons (Fsp3) is 0.375. The van der Waals surface area contributed by atoms with Gasteiger partial charge in [0.05, 0.1) is 12.0 Å². The van der Waals surface area contributed by atoms with E-state index in [0.29, 0.717) is 0 Å². The maximum atomic E-state index is 11.6. The Bertz CT molecular complexity index is 466. The Morgan fingerprint density at radius 3 is 2.88 bits per heavy atom. The van der Waals surface area contributed by atoms with Crippen LogP contribution in [-0.4, -0.2) is 34.6 Å². The first-order valence-electron chi connectivity index (χ1n) is 4.38. The lowest BCUT2D eigenvalue weighted by Crippen LogP contribution is -2.28. The molecular weight excluding hydrogens is 252 g/mol. The summed E-state index contributed by atoms with van der Waals surface area (Å²) in [7, 11) is -2.33. The Labute approximate surface area is 97.5 Å². The molecule has 0 atom stereocenters. The highest BCUT2D eigenvalue weighted by molar-refractivity contribution is 7.89. The van der Waals surface area contributed by atoms with Gasteiger partial charge in [-0.2, -0.15) is 0 Å². The number of methoxy groups -OCH3 is 1. The molecule has 0 saturated heterocycles. The number of hydrogen-bond donors (Lipinski definition) is 2. The Kier molecular flexibility index (Phi) is 4.42. The van der Waals surface area contributed by atoms with Crippen LogP contribution < -0.4 is 10.5 Å². The zero-order valence-corrected chi connectivity index (χ0v) is 10.2. The lowest BCUT2D eigenvalue weighted by atomic mass is 10.5. The summed E-state index contributed by atoms with van der Waals surface area (Å²) in [5, 5.41) is 1.38. The van der Waals surface area contributed by atoms with Crippen molar-refractivity contribution in [1.82, 2.24) is 4.72 Å². The standard InChI is InChI=1S/C8H12N2O4S2/c1-14-8(11)7-4-6(5-15-7)16(12,13)10-3-2-9/h4-5,10H,2-3,9H2,1H3. The van der Waals surface area contributed by atoms with Gasteiger partial charge in [0.15, 0.2) is 0 Å². The summed E-state index contributed by atoms with van der Waals surface area (Å²) in [5.41, 5.74) is 5.19. The van der Waals surface area contributed by atoms with Crippen LogP contribution in [0.5, 0.6) is 0 Å².